The predicted octanol–water partition coefficient (Wildman–Crippen LogP) is 8.41. The highest BCUT2D eigenvalue weighted by molar-refractivity contribution is 7.99. The summed E-state index contributed by atoms with van der Waals surface area (Å²) in [5.41, 5.74) is 4.83. The Morgan fingerprint density at radius 3 is 1.13 bits per heavy atom. The molecule has 0 saturated carbocycles. The monoisotopic (exact) mass is 513 g/mol. The lowest BCUT2D eigenvalue weighted by molar-refractivity contribution is 0.0889. The molecule has 38 heavy (non-hydrogen) atoms. The first-order valence-corrected chi connectivity index (χ1v) is 13.6. The molecule has 0 saturated heterocycles. The molecule has 0 aromatic heterocycles. The van der Waals surface area contributed by atoms with Crippen LogP contribution in [0.25, 0.3) is 0 Å². The first-order chi connectivity index (χ1) is 18.6. The van der Waals surface area contributed by atoms with E-state index in [0.29, 0.717) is 6.42 Å². The van der Waals surface area contributed by atoms with Gasteiger partial charge in [0.15, 0.2) is 0 Å². The van der Waals surface area contributed by atoms with Crippen LogP contribution in [0, 0.1) is 0 Å². The summed E-state index contributed by atoms with van der Waals surface area (Å²) in [6, 6.07) is 51.4. The van der Waals surface area contributed by atoms with Gasteiger partial charge in [-0.25, -0.2) is 4.40 Å². The average Bonchev–Trinajstić information content (AvgIpc) is 3.00. The van der Waals surface area contributed by atoms with Gasteiger partial charge in [0.25, 0.3) is 0 Å². The van der Waals surface area contributed by atoms with Crippen LogP contribution in [-0.4, -0.2) is 10.8 Å². The molecule has 0 unspecified atom stereocenters. The molecule has 5 aromatic rings. The van der Waals surface area contributed by atoms with Crippen LogP contribution in [0.5, 0.6) is 0 Å². The maximum absolute atomic E-state index is 12.1. The Kier molecular flexibility index (Phi) is 7.88. The highest BCUT2D eigenvalue weighted by Gasteiger charge is 2.38. The summed E-state index contributed by atoms with van der Waals surface area (Å²) >= 11 is 1.54. The Morgan fingerprint density at radius 1 is 0.526 bits per heavy atom. The van der Waals surface area contributed by atoms with Crippen molar-refractivity contribution in [1.29, 1.82) is 0 Å². The van der Waals surface area contributed by atoms with Crippen molar-refractivity contribution in [3.63, 3.8) is 0 Å². The third kappa shape index (κ3) is 5.22. The van der Waals surface area contributed by atoms with E-state index in [1.165, 1.54) is 0 Å². The van der Waals surface area contributed by atoms with Crippen LogP contribution < -0.4 is 0 Å². The van der Waals surface area contributed by atoms with Gasteiger partial charge in [0.1, 0.15) is 10.3 Å². The second-order valence-electron chi connectivity index (χ2n) is 9.47. The standard InChI is InChI=1S/C35H31NOS/c1-28(27-34(37,29-17-7-2-8-18-29)30-19-9-3-10-20-30)36-38-35(31-21-11-4-12-22-31,32-23-13-5-14-24-32)33-25-15-6-16-26-33/h2-26,37H,27H2,1H3. The molecule has 5 aromatic carbocycles. The third-order valence-corrected chi connectivity index (χ3v) is 8.28. The van der Waals surface area contributed by atoms with E-state index in [0.717, 1.165) is 33.5 Å². The van der Waals surface area contributed by atoms with Gasteiger partial charge in [-0.3, -0.25) is 0 Å². The summed E-state index contributed by atoms with van der Waals surface area (Å²) in [5.74, 6) is 0. The Labute approximate surface area is 229 Å². The fourth-order valence-corrected chi connectivity index (χ4v) is 6.11. The first-order valence-electron chi connectivity index (χ1n) is 12.8. The van der Waals surface area contributed by atoms with E-state index < -0.39 is 10.3 Å². The van der Waals surface area contributed by atoms with E-state index in [2.05, 4.69) is 72.8 Å². The van der Waals surface area contributed by atoms with Crippen LogP contribution in [0.1, 0.15) is 41.2 Å². The van der Waals surface area contributed by atoms with E-state index in [9.17, 15) is 5.11 Å². The van der Waals surface area contributed by atoms with Gasteiger partial charge in [0, 0.05) is 12.1 Å². The van der Waals surface area contributed by atoms with Gasteiger partial charge in [0.2, 0.25) is 0 Å². The summed E-state index contributed by atoms with van der Waals surface area (Å²) in [4.78, 5) is 0. The van der Waals surface area contributed by atoms with Gasteiger partial charge in [-0.2, -0.15) is 0 Å². The zero-order valence-corrected chi connectivity index (χ0v) is 22.3. The largest absolute Gasteiger partial charge is 0.380 e. The second-order valence-corrected chi connectivity index (χ2v) is 10.4. The number of nitrogens with zero attached hydrogens (tertiary/aromatic N) is 1. The molecule has 3 heteroatoms. The molecule has 0 radical (unpaired) electrons. The van der Waals surface area contributed by atoms with E-state index >= 15 is 0 Å². The zero-order chi connectivity index (χ0) is 26.3. The molecule has 1 N–H and O–H groups in total. The molecule has 0 aliphatic heterocycles. The molecule has 0 heterocycles. The summed E-state index contributed by atoms with van der Waals surface area (Å²) in [6.45, 7) is 2.01. The van der Waals surface area contributed by atoms with Crippen LogP contribution >= 0.6 is 11.9 Å². The lowest BCUT2D eigenvalue weighted by atomic mass is 9.82. The van der Waals surface area contributed by atoms with Crippen molar-refractivity contribution >= 4 is 17.7 Å². The maximum Gasteiger partial charge on any atom is 0.120 e. The molecule has 0 bridgehead atoms. The number of benzene rings is 5. The molecule has 5 rings (SSSR count). The van der Waals surface area contributed by atoms with Gasteiger partial charge in [0.05, 0.1) is 0 Å². The number of hydrogen-bond acceptors (Lipinski definition) is 3. The van der Waals surface area contributed by atoms with Crippen molar-refractivity contribution < 1.29 is 5.11 Å². The first kappa shape index (κ1) is 25.7. The molecule has 0 aliphatic carbocycles. The van der Waals surface area contributed by atoms with Crippen molar-refractivity contribution in [2.45, 2.75) is 23.7 Å². The lowest BCUT2D eigenvalue weighted by Crippen LogP contribution is -2.30. The van der Waals surface area contributed by atoms with Crippen molar-refractivity contribution in [2.75, 3.05) is 0 Å². The van der Waals surface area contributed by atoms with E-state index in [-0.39, 0.29) is 0 Å². The fourth-order valence-electron chi connectivity index (χ4n) is 5.02. The number of hydrogen-bond donors (Lipinski definition) is 1. The molecule has 0 atom stereocenters. The summed E-state index contributed by atoms with van der Waals surface area (Å²) in [5, 5.41) is 12.1. The van der Waals surface area contributed by atoms with E-state index in [4.69, 9.17) is 4.40 Å². The summed E-state index contributed by atoms with van der Waals surface area (Å²) in [6.07, 6.45) is 0.377. The van der Waals surface area contributed by atoms with Crippen LogP contribution in [0.15, 0.2) is 156 Å². The normalized spacial score (nSPS) is 12.3. The van der Waals surface area contributed by atoms with E-state index in [1.54, 1.807) is 11.9 Å². The van der Waals surface area contributed by atoms with Crippen LogP contribution in [0.2, 0.25) is 0 Å². The zero-order valence-electron chi connectivity index (χ0n) is 21.4. The average molecular weight is 514 g/mol. The minimum atomic E-state index is -1.19. The molecular weight excluding hydrogens is 482 g/mol. The van der Waals surface area contributed by atoms with Gasteiger partial charge in [-0.15, -0.1) is 0 Å². The smallest absolute Gasteiger partial charge is 0.120 e. The second kappa shape index (κ2) is 11.6. The van der Waals surface area contributed by atoms with Gasteiger partial charge < -0.3 is 5.11 Å². The lowest BCUT2D eigenvalue weighted by Gasteiger charge is -2.34. The van der Waals surface area contributed by atoms with Crippen LogP contribution in [-0.2, 0) is 10.3 Å². The summed E-state index contributed by atoms with van der Waals surface area (Å²) < 4.78 is 4.58. The molecule has 0 fully saturated rings. The van der Waals surface area contributed by atoms with Gasteiger partial charge in [-0.1, -0.05) is 152 Å². The molecular formula is C35H31NOS. The maximum atomic E-state index is 12.1. The molecule has 0 amide bonds. The topological polar surface area (TPSA) is 32.6 Å². The number of aliphatic hydroxyl groups is 1. The number of rotatable bonds is 9. The Bertz CT molecular complexity index is 1320. The Balaban J connectivity index is 1.60. The Hall–Kier alpha value is -3.92. The minimum absolute atomic E-state index is 0.377. The van der Waals surface area contributed by atoms with Crippen molar-refractivity contribution in [3.05, 3.63) is 179 Å². The Morgan fingerprint density at radius 2 is 0.816 bits per heavy atom. The SMILES string of the molecule is CC(CC(O)(c1ccccc1)c1ccccc1)=NSC(c1ccccc1)(c1ccccc1)c1ccccc1. The van der Waals surface area contributed by atoms with Gasteiger partial charge in [-0.05, 0) is 46.7 Å². The fraction of sp³-hybridized carbons (Fsp3) is 0.114. The van der Waals surface area contributed by atoms with Crippen molar-refractivity contribution in [1.82, 2.24) is 0 Å². The van der Waals surface area contributed by atoms with Crippen LogP contribution in [0.3, 0.4) is 0 Å². The molecule has 2 nitrogen and oxygen atoms in total. The van der Waals surface area contributed by atoms with Crippen LogP contribution in [0.4, 0.5) is 0 Å². The molecule has 0 aliphatic rings. The highest BCUT2D eigenvalue weighted by atomic mass is 32.2. The molecule has 0 spiro atoms. The summed E-state index contributed by atoms with van der Waals surface area (Å²) in [7, 11) is 0. The predicted molar refractivity (Wildman–Crippen MR) is 160 cm³/mol. The highest BCUT2D eigenvalue weighted by Crippen LogP contribution is 2.49. The third-order valence-electron chi connectivity index (χ3n) is 6.89. The molecule has 188 valence electrons. The van der Waals surface area contributed by atoms with Crippen molar-refractivity contribution in [2.24, 2.45) is 4.40 Å². The van der Waals surface area contributed by atoms with E-state index in [1.807, 2.05) is 85.8 Å². The van der Waals surface area contributed by atoms with Gasteiger partial charge >= 0.3 is 0 Å². The van der Waals surface area contributed by atoms with Crippen molar-refractivity contribution in [3.8, 4) is 0 Å². The minimum Gasteiger partial charge on any atom is -0.380 e. The quantitative estimate of drug-likeness (QED) is 0.122.